The summed E-state index contributed by atoms with van der Waals surface area (Å²) in [6, 6.07) is 1.39. The average Bonchev–Trinajstić information content (AvgIpc) is 2.59. The predicted octanol–water partition coefficient (Wildman–Crippen LogP) is 3.00. The number of carboxylic acids is 1. The Hall–Kier alpha value is -2.50. The second-order valence-electron chi connectivity index (χ2n) is 6.08. The number of nitrogens with zero attached hydrogens (tertiary/aromatic N) is 3. The SMILES string of the molecule is CC(N1CCN(c2ccc(C(=O)O)c([N+](=O)[O-])c2)CC1)C(F)(F)C(F)(F)F. The number of rotatable bonds is 5. The van der Waals surface area contributed by atoms with Crippen LogP contribution in [-0.4, -0.2) is 65.2 Å². The summed E-state index contributed by atoms with van der Waals surface area (Å²) in [7, 11) is 0. The van der Waals surface area contributed by atoms with Crippen LogP contribution in [-0.2, 0) is 0 Å². The van der Waals surface area contributed by atoms with Crippen LogP contribution in [0, 0.1) is 10.1 Å². The van der Waals surface area contributed by atoms with Crippen molar-refractivity contribution in [2.45, 2.75) is 25.1 Å². The number of carboxylic acid groups (broad SMARTS) is 1. The van der Waals surface area contributed by atoms with E-state index in [1.165, 1.54) is 6.07 Å². The Bertz CT molecular complexity index is 733. The molecule has 1 aromatic rings. The first-order chi connectivity index (χ1) is 12.4. The van der Waals surface area contributed by atoms with Gasteiger partial charge in [0, 0.05) is 37.9 Å². The lowest BCUT2D eigenvalue weighted by molar-refractivity contribution is -0.385. The zero-order chi connectivity index (χ0) is 20.6. The van der Waals surface area contributed by atoms with Gasteiger partial charge in [0.1, 0.15) is 5.56 Å². The topological polar surface area (TPSA) is 86.9 Å². The second-order valence-corrected chi connectivity index (χ2v) is 6.08. The highest BCUT2D eigenvalue weighted by Gasteiger charge is 2.62. The van der Waals surface area contributed by atoms with Crippen LogP contribution in [0.15, 0.2) is 18.2 Å². The quantitative estimate of drug-likeness (QED) is 0.467. The number of hydrogen-bond donors (Lipinski definition) is 1. The number of nitro benzene ring substituents is 1. The van der Waals surface area contributed by atoms with Gasteiger partial charge >= 0.3 is 18.1 Å². The molecule has 0 spiro atoms. The summed E-state index contributed by atoms with van der Waals surface area (Å²) in [6.45, 7) is 0.696. The van der Waals surface area contributed by atoms with Gasteiger partial charge in [-0.3, -0.25) is 15.0 Å². The van der Waals surface area contributed by atoms with Crippen molar-refractivity contribution in [2.24, 2.45) is 0 Å². The molecule has 150 valence electrons. The summed E-state index contributed by atoms with van der Waals surface area (Å²) in [5.41, 5.74) is -0.832. The Kier molecular flexibility index (Phi) is 5.59. The summed E-state index contributed by atoms with van der Waals surface area (Å²) in [5, 5.41) is 20.0. The molecule has 1 aliphatic rings. The fourth-order valence-electron chi connectivity index (χ4n) is 2.88. The van der Waals surface area contributed by atoms with Gasteiger partial charge in [-0.25, -0.2) is 4.79 Å². The number of anilines is 1. The van der Waals surface area contributed by atoms with Crippen LogP contribution in [0.1, 0.15) is 17.3 Å². The van der Waals surface area contributed by atoms with Crippen molar-refractivity contribution < 1.29 is 36.8 Å². The average molecular weight is 397 g/mol. The molecule has 0 saturated carbocycles. The van der Waals surface area contributed by atoms with Gasteiger partial charge in [0.15, 0.2) is 0 Å². The van der Waals surface area contributed by atoms with Gasteiger partial charge in [-0.2, -0.15) is 22.0 Å². The largest absolute Gasteiger partial charge is 0.477 e. The van der Waals surface area contributed by atoms with Crippen LogP contribution in [0.3, 0.4) is 0 Å². The molecule has 0 aromatic heterocycles. The van der Waals surface area contributed by atoms with E-state index >= 15 is 0 Å². The van der Waals surface area contributed by atoms with Crippen molar-refractivity contribution in [2.75, 3.05) is 31.1 Å². The fourth-order valence-corrected chi connectivity index (χ4v) is 2.88. The van der Waals surface area contributed by atoms with Crippen molar-refractivity contribution in [3.05, 3.63) is 33.9 Å². The summed E-state index contributed by atoms with van der Waals surface area (Å²) < 4.78 is 64.5. The molecular formula is C15H16F5N3O4. The first-order valence-electron chi connectivity index (χ1n) is 7.81. The van der Waals surface area contributed by atoms with Gasteiger partial charge in [0.25, 0.3) is 5.69 Å². The normalized spacial score (nSPS) is 17.6. The van der Waals surface area contributed by atoms with Crippen molar-refractivity contribution >= 4 is 17.3 Å². The predicted molar refractivity (Wildman–Crippen MR) is 84.3 cm³/mol. The Morgan fingerprint density at radius 3 is 2.19 bits per heavy atom. The Morgan fingerprint density at radius 2 is 1.74 bits per heavy atom. The number of aromatic carboxylic acids is 1. The Labute approximate surface area is 150 Å². The lowest BCUT2D eigenvalue weighted by atomic mass is 10.1. The van der Waals surface area contributed by atoms with E-state index in [0.717, 1.165) is 24.0 Å². The van der Waals surface area contributed by atoms with E-state index in [0.29, 0.717) is 5.69 Å². The van der Waals surface area contributed by atoms with Gasteiger partial charge in [-0.05, 0) is 19.1 Å². The number of hydrogen-bond acceptors (Lipinski definition) is 5. The third kappa shape index (κ3) is 4.10. The van der Waals surface area contributed by atoms with E-state index in [1.807, 2.05) is 0 Å². The number of halogens is 5. The summed E-state index contributed by atoms with van der Waals surface area (Å²) in [4.78, 5) is 23.8. The summed E-state index contributed by atoms with van der Waals surface area (Å²) in [6.07, 6.45) is -5.66. The third-order valence-electron chi connectivity index (χ3n) is 4.54. The minimum Gasteiger partial charge on any atom is -0.477 e. The number of benzene rings is 1. The van der Waals surface area contributed by atoms with Gasteiger partial charge in [0.05, 0.1) is 11.0 Å². The molecule has 1 aromatic carbocycles. The molecule has 1 atom stereocenters. The number of alkyl halides is 5. The third-order valence-corrected chi connectivity index (χ3v) is 4.54. The minimum atomic E-state index is -5.66. The number of piperazine rings is 1. The van der Waals surface area contributed by atoms with Crippen LogP contribution in [0.25, 0.3) is 0 Å². The highest BCUT2D eigenvalue weighted by Crippen LogP contribution is 2.40. The number of carbonyl (C=O) groups is 1. The van der Waals surface area contributed by atoms with E-state index in [4.69, 9.17) is 5.11 Å². The molecule has 1 aliphatic heterocycles. The van der Waals surface area contributed by atoms with E-state index in [9.17, 15) is 36.9 Å². The lowest BCUT2D eigenvalue weighted by Crippen LogP contribution is -2.58. The van der Waals surface area contributed by atoms with Crippen LogP contribution < -0.4 is 4.90 Å². The molecule has 1 unspecified atom stereocenters. The Balaban J connectivity index is 2.13. The van der Waals surface area contributed by atoms with E-state index in [1.54, 1.807) is 4.90 Å². The molecular weight excluding hydrogens is 381 g/mol. The molecule has 1 saturated heterocycles. The smallest absolute Gasteiger partial charge is 0.454 e. The molecule has 0 aliphatic carbocycles. The number of nitro groups is 1. The van der Waals surface area contributed by atoms with E-state index < -0.39 is 40.3 Å². The summed E-state index contributed by atoms with van der Waals surface area (Å²) in [5.74, 6) is -6.34. The standard InChI is InChI=1S/C15H16F5N3O4/c1-9(14(16,17)15(18,19)20)21-4-6-22(7-5-21)10-2-3-11(13(24)25)12(8-10)23(26)27/h2-3,8-9H,4-7H2,1H3,(H,24,25). The van der Waals surface area contributed by atoms with E-state index in [-0.39, 0.29) is 26.2 Å². The van der Waals surface area contributed by atoms with Crippen molar-refractivity contribution in [3.8, 4) is 0 Å². The molecule has 2 rings (SSSR count). The fraction of sp³-hybridized carbons (Fsp3) is 0.533. The zero-order valence-electron chi connectivity index (χ0n) is 14.0. The van der Waals surface area contributed by atoms with Crippen molar-refractivity contribution in [3.63, 3.8) is 0 Å². The van der Waals surface area contributed by atoms with Crippen LogP contribution in [0.2, 0.25) is 0 Å². The zero-order valence-corrected chi connectivity index (χ0v) is 14.0. The molecule has 0 bridgehead atoms. The first-order valence-corrected chi connectivity index (χ1v) is 7.81. The maximum atomic E-state index is 13.5. The molecule has 7 nitrogen and oxygen atoms in total. The molecule has 12 heteroatoms. The van der Waals surface area contributed by atoms with Gasteiger partial charge < -0.3 is 10.0 Å². The lowest BCUT2D eigenvalue weighted by Gasteiger charge is -2.41. The minimum absolute atomic E-state index is 0.0574. The van der Waals surface area contributed by atoms with Crippen molar-refractivity contribution in [1.82, 2.24) is 4.90 Å². The van der Waals surface area contributed by atoms with Crippen molar-refractivity contribution in [1.29, 1.82) is 0 Å². The Morgan fingerprint density at radius 1 is 1.19 bits per heavy atom. The monoisotopic (exact) mass is 397 g/mol. The second kappa shape index (κ2) is 7.25. The molecule has 0 radical (unpaired) electrons. The molecule has 1 fully saturated rings. The van der Waals surface area contributed by atoms with Crippen LogP contribution in [0.4, 0.5) is 33.3 Å². The van der Waals surface area contributed by atoms with Gasteiger partial charge in [-0.1, -0.05) is 0 Å². The van der Waals surface area contributed by atoms with Crippen LogP contribution in [0.5, 0.6) is 0 Å². The van der Waals surface area contributed by atoms with Crippen LogP contribution >= 0.6 is 0 Å². The molecule has 1 heterocycles. The summed E-state index contributed by atoms with van der Waals surface area (Å²) >= 11 is 0. The molecule has 1 N–H and O–H groups in total. The van der Waals surface area contributed by atoms with Gasteiger partial charge in [0.2, 0.25) is 0 Å². The van der Waals surface area contributed by atoms with E-state index in [2.05, 4.69) is 0 Å². The maximum Gasteiger partial charge on any atom is 0.454 e. The highest BCUT2D eigenvalue weighted by molar-refractivity contribution is 5.93. The maximum absolute atomic E-state index is 13.5. The van der Waals surface area contributed by atoms with Gasteiger partial charge in [-0.15, -0.1) is 0 Å². The highest BCUT2D eigenvalue weighted by atomic mass is 19.4. The molecule has 0 amide bonds. The molecule has 27 heavy (non-hydrogen) atoms. The first kappa shape index (κ1) is 20.8.